The highest BCUT2D eigenvalue weighted by atomic mass is 127. The van der Waals surface area contributed by atoms with Crippen molar-refractivity contribution in [1.82, 2.24) is 20.1 Å². The molecule has 1 aromatic heterocycles. The monoisotopic (exact) mass is 435 g/mol. The maximum atomic E-state index is 11.9. The first kappa shape index (κ1) is 21.8. The molecule has 1 aromatic rings. The predicted octanol–water partition coefficient (Wildman–Crippen LogP) is 1.81. The van der Waals surface area contributed by atoms with E-state index in [0.717, 1.165) is 19.0 Å². The van der Waals surface area contributed by atoms with Crippen LogP contribution in [0.2, 0.25) is 0 Å². The maximum Gasteiger partial charge on any atom is 0.227 e. The Bertz CT molecular complexity index is 524. The number of nitrogens with zero attached hydrogens (tertiary/aromatic N) is 3. The fraction of sp³-hybridized carbons (Fsp3) is 0.625. The fourth-order valence-electron chi connectivity index (χ4n) is 2.13. The molecule has 1 heterocycles. The number of rotatable bonds is 6. The molecular weight excluding hydrogens is 405 g/mol. The second-order valence-electron chi connectivity index (χ2n) is 6.10. The second kappa shape index (κ2) is 9.79. The number of hydrogen-bond donors (Lipinski definition) is 2. The van der Waals surface area contributed by atoms with Crippen molar-refractivity contribution in [2.24, 2.45) is 17.5 Å². The van der Waals surface area contributed by atoms with Gasteiger partial charge < -0.3 is 20.1 Å². The average Bonchev–Trinajstić information content (AvgIpc) is 2.87. The van der Waals surface area contributed by atoms with Crippen molar-refractivity contribution in [2.75, 3.05) is 27.2 Å². The number of aryl methyl sites for hydroxylation is 1. The third-order valence-corrected chi connectivity index (χ3v) is 3.61. The van der Waals surface area contributed by atoms with Crippen molar-refractivity contribution < 1.29 is 4.79 Å². The number of guanidine groups is 1. The van der Waals surface area contributed by atoms with E-state index in [0.29, 0.717) is 6.54 Å². The van der Waals surface area contributed by atoms with Gasteiger partial charge in [-0.25, -0.2) is 0 Å². The number of aromatic nitrogens is 1. The Kier molecular flexibility index (Phi) is 9.26. The van der Waals surface area contributed by atoms with Crippen molar-refractivity contribution in [3.63, 3.8) is 0 Å². The molecule has 0 aliphatic rings. The van der Waals surface area contributed by atoms with Gasteiger partial charge in [0.25, 0.3) is 0 Å². The molecule has 0 spiro atoms. The quantitative estimate of drug-likeness (QED) is 0.407. The fourth-order valence-corrected chi connectivity index (χ4v) is 2.13. The standard InChI is InChI=1S/C16H29N5O.HI/c1-7-18-15(19-12-16(2,3)14(22)17-4)21(6)11-13-9-8-10-20(13)5;/h8-10H,7,11-12H2,1-6H3,(H,17,22)(H,18,19);1H. The zero-order valence-corrected chi connectivity index (χ0v) is 17.3. The molecule has 0 unspecified atom stereocenters. The van der Waals surface area contributed by atoms with E-state index >= 15 is 0 Å². The lowest BCUT2D eigenvalue weighted by Crippen LogP contribution is -2.41. The number of hydrogen-bond acceptors (Lipinski definition) is 2. The molecule has 0 aliphatic carbocycles. The van der Waals surface area contributed by atoms with Crippen LogP contribution in [0.3, 0.4) is 0 Å². The van der Waals surface area contributed by atoms with Crippen molar-refractivity contribution >= 4 is 35.8 Å². The number of nitrogens with one attached hydrogen (secondary N) is 2. The van der Waals surface area contributed by atoms with Crippen LogP contribution in [0.5, 0.6) is 0 Å². The van der Waals surface area contributed by atoms with Gasteiger partial charge in [0.05, 0.1) is 18.5 Å². The van der Waals surface area contributed by atoms with Crippen molar-refractivity contribution in [3.05, 3.63) is 24.0 Å². The van der Waals surface area contributed by atoms with E-state index in [1.54, 1.807) is 7.05 Å². The van der Waals surface area contributed by atoms with Gasteiger partial charge in [0.1, 0.15) is 0 Å². The summed E-state index contributed by atoms with van der Waals surface area (Å²) in [6.45, 7) is 7.82. The predicted molar refractivity (Wildman–Crippen MR) is 106 cm³/mol. The van der Waals surface area contributed by atoms with Gasteiger partial charge in [-0.3, -0.25) is 9.79 Å². The number of carbonyl (C=O) groups excluding carboxylic acids is 1. The number of halogens is 1. The molecule has 132 valence electrons. The van der Waals surface area contributed by atoms with Gasteiger partial charge in [0, 0.05) is 39.6 Å². The third kappa shape index (κ3) is 6.40. The molecule has 23 heavy (non-hydrogen) atoms. The molecule has 1 rings (SSSR count). The Hall–Kier alpha value is -1.25. The molecule has 0 bridgehead atoms. The lowest BCUT2D eigenvalue weighted by Gasteiger charge is -2.25. The Morgan fingerprint density at radius 2 is 2.09 bits per heavy atom. The topological polar surface area (TPSA) is 61.7 Å². The molecule has 0 aliphatic heterocycles. The number of carbonyl (C=O) groups is 1. The molecule has 0 fully saturated rings. The molecule has 0 saturated carbocycles. The van der Waals surface area contributed by atoms with Crippen LogP contribution in [0.4, 0.5) is 0 Å². The molecule has 0 radical (unpaired) electrons. The van der Waals surface area contributed by atoms with Crippen LogP contribution in [-0.2, 0) is 18.4 Å². The van der Waals surface area contributed by atoms with Gasteiger partial charge >= 0.3 is 0 Å². The van der Waals surface area contributed by atoms with Gasteiger partial charge in [0.2, 0.25) is 5.91 Å². The van der Waals surface area contributed by atoms with Gasteiger partial charge in [-0.2, -0.15) is 0 Å². The summed E-state index contributed by atoms with van der Waals surface area (Å²) in [5.41, 5.74) is 0.681. The second-order valence-corrected chi connectivity index (χ2v) is 6.10. The molecule has 1 amide bonds. The molecule has 0 atom stereocenters. The van der Waals surface area contributed by atoms with E-state index in [1.807, 2.05) is 47.1 Å². The smallest absolute Gasteiger partial charge is 0.227 e. The Labute approximate surface area is 156 Å². The molecule has 0 aromatic carbocycles. The normalized spacial score (nSPS) is 11.7. The highest BCUT2D eigenvalue weighted by molar-refractivity contribution is 14.0. The van der Waals surface area contributed by atoms with E-state index in [2.05, 4.69) is 31.2 Å². The van der Waals surface area contributed by atoms with Crippen molar-refractivity contribution in [2.45, 2.75) is 27.3 Å². The summed E-state index contributed by atoms with van der Waals surface area (Å²) in [7, 11) is 5.68. The summed E-state index contributed by atoms with van der Waals surface area (Å²) >= 11 is 0. The summed E-state index contributed by atoms with van der Waals surface area (Å²) in [4.78, 5) is 18.6. The van der Waals surface area contributed by atoms with Crippen LogP contribution in [0.1, 0.15) is 26.5 Å². The van der Waals surface area contributed by atoms with Gasteiger partial charge in [-0.05, 0) is 32.9 Å². The van der Waals surface area contributed by atoms with Crippen LogP contribution < -0.4 is 10.6 Å². The minimum absolute atomic E-state index is 0. The van der Waals surface area contributed by atoms with Crippen LogP contribution in [0, 0.1) is 5.41 Å². The summed E-state index contributed by atoms with van der Waals surface area (Å²) in [5, 5.41) is 5.97. The summed E-state index contributed by atoms with van der Waals surface area (Å²) in [5.74, 6) is 0.804. The Morgan fingerprint density at radius 1 is 1.43 bits per heavy atom. The SMILES string of the molecule is CCNC(=NCC(C)(C)C(=O)NC)N(C)Cc1cccn1C.I. The summed E-state index contributed by atoms with van der Waals surface area (Å²) in [6.07, 6.45) is 2.03. The molecular formula is C16H30IN5O. The molecule has 7 heteroatoms. The van der Waals surface area contributed by atoms with Crippen LogP contribution in [0.15, 0.2) is 23.3 Å². The van der Waals surface area contributed by atoms with Crippen molar-refractivity contribution in [3.8, 4) is 0 Å². The molecule has 6 nitrogen and oxygen atoms in total. The highest BCUT2D eigenvalue weighted by Crippen LogP contribution is 2.15. The van der Waals surface area contributed by atoms with E-state index in [4.69, 9.17) is 0 Å². The largest absolute Gasteiger partial charge is 0.359 e. The third-order valence-electron chi connectivity index (χ3n) is 3.61. The first-order valence-electron chi connectivity index (χ1n) is 7.63. The van der Waals surface area contributed by atoms with Crippen LogP contribution >= 0.6 is 24.0 Å². The maximum absolute atomic E-state index is 11.9. The molecule has 0 saturated heterocycles. The summed E-state index contributed by atoms with van der Waals surface area (Å²) < 4.78 is 2.09. The zero-order chi connectivity index (χ0) is 16.8. The minimum Gasteiger partial charge on any atom is -0.359 e. The van der Waals surface area contributed by atoms with Crippen LogP contribution in [-0.4, -0.2) is 48.5 Å². The summed E-state index contributed by atoms with van der Waals surface area (Å²) in [6, 6.07) is 4.12. The van der Waals surface area contributed by atoms with E-state index in [-0.39, 0.29) is 29.9 Å². The van der Waals surface area contributed by atoms with Gasteiger partial charge in [0.15, 0.2) is 5.96 Å². The lowest BCUT2D eigenvalue weighted by atomic mass is 9.93. The van der Waals surface area contributed by atoms with Crippen LogP contribution in [0.25, 0.3) is 0 Å². The number of aliphatic imine (C=N–C) groups is 1. The first-order chi connectivity index (χ1) is 10.3. The minimum atomic E-state index is -0.527. The average molecular weight is 435 g/mol. The molecule has 2 N–H and O–H groups in total. The van der Waals surface area contributed by atoms with E-state index in [1.165, 1.54) is 5.69 Å². The van der Waals surface area contributed by atoms with Gasteiger partial charge in [-0.1, -0.05) is 0 Å². The van der Waals surface area contributed by atoms with E-state index < -0.39 is 5.41 Å². The lowest BCUT2D eigenvalue weighted by molar-refractivity contribution is -0.128. The van der Waals surface area contributed by atoms with Crippen molar-refractivity contribution in [1.29, 1.82) is 0 Å². The first-order valence-corrected chi connectivity index (χ1v) is 7.63. The Morgan fingerprint density at radius 3 is 2.57 bits per heavy atom. The van der Waals surface area contributed by atoms with E-state index in [9.17, 15) is 4.79 Å². The highest BCUT2D eigenvalue weighted by Gasteiger charge is 2.26. The zero-order valence-electron chi connectivity index (χ0n) is 15.0. The van der Waals surface area contributed by atoms with Gasteiger partial charge in [-0.15, -0.1) is 24.0 Å². The number of amides is 1. The Balaban J connectivity index is 0.00000484.